The van der Waals surface area contributed by atoms with Gasteiger partial charge >= 0.3 is 0 Å². The predicted molar refractivity (Wildman–Crippen MR) is 81.4 cm³/mol. The van der Waals surface area contributed by atoms with Crippen LogP contribution in [-0.2, 0) is 4.79 Å². The van der Waals surface area contributed by atoms with Crippen LogP contribution >= 0.6 is 23.2 Å². The summed E-state index contributed by atoms with van der Waals surface area (Å²) in [4.78, 5) is 11.7. The minimum Gasteiger partial charge on any atom is -0.481 e. The summed E-state index contributed by atoms with van der Waals surface area (Å²) in [6.45, 7) is -0.291. The van der Waals surface area contributed by atoms with Gasteiger partial charge in [0.15, 0.2) is 12.4 Å². The van der Waals surface area contributed by atoms with E-state index in [-0.39, 0.29) is 18.0 Å². The Bertz CT molecular complexity index is 660. The quantitative estimate of drug-likeness (QED) is 0.840. The Kier molecular flexibility index (Phi) is 4.88. The van der Waals surface area contributed by atoms with Crippen molar-refractivity contribution < 1.29 is 13.9 Å². The van der Waals surface area contributed by atoms with E-state index in [1.165, 1.54) is 12.1 Å². The van der Waals surface area contributed by atoms with E-state index in [1.54, 1.807) is 18.2 Å². The van der Waals surface area contributed by atoms with Crippen LogP contribution in [0.1, 0.15) is 0 Å². The molecule has 2 rings (SSSR count). The molecule has 21 heavy (non-hydrogen) atoms. The van der Waals surface area contributed by atoms with Crippen LogP contribution in [0.2, 0.25) is 10.0 Å². The highest BCUT2D eigenvalue weighted by Gasteiger charge is 2.10. The van der Waals surface area contributed by atoms with Gasteiger partial charge in [-0.15, -0.1) is 0 Å². The highest BCUT2D eigenvalue weighted by atomic mass is 35.5. The maximum absolute atomic E-state index is 13.0. The van der Waals surface area contributed by atoms with E-state index in [1.807, 2.05) is 0 Å². The molecule has 0 unspecified atom stereocenters. The van der Waals surface area contributed by atoms with Gasteiger partial charge in [0.05, 0.1) is 15.7 Å². The number of para-hydroxylation sites is 1. The Hall–Kier alpha value is -1.98. The van der Waals surface area contributed by atoms with Crippen LogP contribution < -0.4 is 15.8 Å². The molecular weight excluding hydrogens is 318 g/mol. The summed E-state index contributed by atoms with van der Waals surface area (Å²) >= 11 is 11.8. The molecule has 110 valence electrons. The van der Waals surface area contributed by atoms with Crippen LogP contribution in [0.25, 0.3) is 0 Å². The van der Waals surface area contributed by atoms with E-state index in [0.29, 0.717) is 15.7 Å². The van der Waals surface area contributed by atoms with Crippen molar-refractivity contribution in [3.8, 4) is 5.75 Å². The zero-order valence-corrected chi connectivity index (χ0v) is 12.2. The lowest BCUT2D eigenvalue weighted by Crippen LogP contribution is -2.20. The number of hydrogen-bond donors (Lipinski definition) is 2. The van der Waals surface area contributed by atoms with Crippen LogP contribution in [0, 0.1) is 5.82 Å². The molecule has 1 amide bonds. The van der Waals surface area contributed by atoms with Crippen molar-refractivity contribution >= 4 is 40.5 Å². The first-order valence-electron chi connectivity index (χ1n) is 5.89. The largest absolute Gasteiger partial charge is 0.481 e. The average Bonchev–Trinajstić information content (AvgIpc) is 2.42. The van der Waals surface area contributed by atoms with Gasteiger partial charge in [-0.3, -0.25) is 4.79 Å². The zero-order chi connectivity index (χ0) is 15.4. The molecule has 7 heteroatoms. The first-order chi connectivity index (χ1) is 9.97. The van der Waals surface area contributed by atoms with Crippen molar-refractivity contribution in [3.63, 3.8) is 0 Å². The maximum Gasteiger partial charge on any atom is 0.262 e. The van der Waals surface area contributed by atoms with E-state index in [2.05, 4.69) is 5.32 Å². The normalized spacial score (nSPS) is 10.2. The van der Waals surface area contributed by atoms with E-state index in [4.69, 9.17) is 33.7 Å². The first-order valence-corrected chi connectivity index (χ1v) is 6.64. The molecular formula is C14H11Cl2FN2O2. The second kappa shape index (κ2) is 6.65. The summed E-state index contributed by atoms with van der Waals surface area (Å²) in [5.41, 5.74) is 5.72. The van der Waals surface area contributed by atoms with Gasteiger partial charge in [0.25, 0.3) is 5.91 Å². The van der Waals surface area contributed by atoms with Gasteiger partial charge in [-0.05, 0) is 30.3 Å². The standard InChI is InChI=1S/C14H11Cl2FN2O2/c15-9-2-1-3-10(16)14(9)21-7-13(20)19-8-4-5-11(17)12(18)6-8/h1-6H,7,18H2,(H,19,20). The highest BCUT2D eigenvalue weighted by Crippen LogP contribution is 2.32. The van der Waals surface area contributed by atoms with E-state index in [0.717, 1.165) is 6.07 Å². The molecule has 0 aliphatic rings. The molecule has 0 radical (unpaired) electrons. The lowest BCUT2D eigenvalue weighted by atomic mass is 10.2. The third-order valence-electron chi connectivity index (χ3n) is 2.55. The fourth-order valence-electron chi connectivity index (χ4n) is 1.58. The van der Waals surface area contributed by atoms with E-state index < -0.39 is 11.7 Å². The number of nitrogens with one attached hydrogen (secondary N) is 1. The first kappa shape index (κ1) is 15.4. The molecule has 0 aromatic heterocycles. The number of nitrogen functional groups attached to an aromatic ring is 1. The van der Waals surface area contributed by atoms with Crippen LogP contribution in [0.4, 0.5) is 15.8 Å². The third kappa shape index (κ3) is 4.00. The third-order valence-corrected chi connectivity index (χ3v) is 3.14. The summed E-state index contributed by atoms with van der Waals surface area (Å²) in [6, 6.07) is 8.74. The molecule has 0 saturated heterocycles. The summed E-state index contributed by atoms with van der Waals surface area (Å²) in [6.07, 6.45) is 0. The number of amides is 1. The summed E-state index contributed by atoms with van der Waals surface area (Å²) < 4.78 is 18.3. The average molecular weight is 329 g/mol. The minimum atomic E-state index is -0.549. The van der Waals surface area contributed by atoms with Crippen LogP contribution in [0.3, 0.4) is 0 Å². The lowest BCUT2D eigenvalue weighted by Gasteiger charge is -2.10. The smallest absolute Gasteiger partial charge is 0.262 e. The Morgan fingerprint density at radius 2 is 1.90 bits per heavy atom. The second-order valence-electron chi connectivity index (χ2n) is 4.12. The molecule has 0 bridgehead atoms. The number of benzene rings is 2. The Morgan fingerprint density at radius 3 is 2.52 bits per heavy atom. The molecule has 0 saturated carbocycles. The second-order valence-corrected chi connectivity index (χ2v) is 4.94. The monoisotopic (exact) mass is 328 g/mol. The van der Waals surface area contributed by atoms with Gasteiger partial charge in [-0.25, -0.2) is 4.39 Å². The van der Waals surface area contributed by atoms with E-state index >= 15 is 0 Å². The van der Waals surface area contributed by atoms with Gasteiger partial charge in [-0.2, -0.15) is 0 Å². The van der Waals surface area contributed by atoms with Crippen LogP contribution in [-0.4, -0.2) is 12.5 Å². The number of ether oxygens (including phenoxy) is 1. The number of hydrogen-bond acceptors (Lipinski definition) is 3. The number of nitrogens with two attached hydrogens (primary N) is 1. The Labute approximate surface area is 130 Å². The van der Waals surface area contributed by atoms with Gasteiger partial charge in [0.1, 0.15) is 5.82 Å². The molecule has 4 nitrogen and oxygen atoms in total. The summed E-state index contributed by atoms with van der Waals surface area (Å²) in [5.74, 6) is -0.765. The van der Waals surface area contributed by atoms with Gasteiger partial charge < -0.3 is 15.8 Å². The van der Waals surface area contributed by atoms with Crippen molar-refractivity contribution in [2.24, 2.45) is 0 Å². The van der Waals surface area contributed by atoms with Gasteiger partial charge in [0, 0.05) is 5.69 Å². The Balaban J connectivity index is 1.97. The topological polar surface area (TPSA) is 64.3 Å². The van der Waals surface area contributed by atoms with Crippen molar-refractivity contribution in [1.29, 1.82) is 0 Å². The molecule has 2 aromatic rings. The highest BCUT2D eigenvalue weighted by molar-refractivity contribution is 6.37. The molecule has 0 atom stereocenters. The number of carbonyl (C=O) groups is 1. The lowest BCUT2D eigenvalue weighted by molar-refractivity contribution is -0.118. The summed E-state index contributed by atoms with van der Waals surface area (Å²) in [7, 11) is 0. The van der Waals surface area contributed by atoms with Crippen molar-refractivity contribution in [2.45, 2.75) is 0 Å². The fourth-order valence-corrected chi connectivity index (χ4v) is 2.08. The number of carbonyl (C=O) groups excluding carboxylic acids is 1. The minimum absolute atomic E-state index is 0.0529. The molecule has 0 heterocycles. The molecule has 3 N–H and O–H groups in total. The van der Waals surface area contributed by atoms with Crippen molar-refractivity contribution in [2.75, 3.05) is 17.7 Å². The Morgan fingerprint density at radius 1 is 1.24 bits per heavy atom. The number of rotatable bonds is 4. The molecule has 0 spiro atoms. The number of halogens is 3. The molecule has 0 fully saturated rings. The SMILES string of the molecule is Nc1cc(NC(=O)COc2c(Cl)cccc2Cl)ccc1F. The molecule has 2 aromatic carbocycles. The van der Waals surface area contributed by atoms with Crippen molar-refractivity contribution in [3.05, 3.63) is 52.3 Å². The molecule has 0 aliphatic heterocycles. The maximum atomic E-state index is 13.0. The summed E-state index contributed by atoms with van der Waals surface area (Å²) in [5, 5.41) is 3.14. The van der Waals surface area contributed by atoms with Crippen molar-refractivity contribution in [1.82, 2.24) is 0 Å². The van der Waals surface area contributed by atoms with Crippen LogP contribution in [0.15, 0.2) is 36.4 Å². The van der Waals surface area contributed by atoms with E-state index in [9.17, 15) is 9.18 Å². The predicted octanol–water partition coefficient (Wildman–Crippen LogP) is 3.73. The fraction of sp³-hybridized carbons (Fsp3) is 0.0714. The molecule has 0 aliphatic carbocycles. The number of anilines is 2. The van der Waals surface area contributed by atoms with Crippen LogP contribution in [0.5, 0.6) is 5.75 Å². The van der Waals surface area contributed by atoms with Gasteiger partial charge in [-0.1, -0.05) is 29.3 Å². The van der Waals surface area contributed by atoms with Gasteiger partial charge in [0.2, 0.25) is 0 Å². The zero-order valence-electron chi connectivity index (χ0n) is 10.7.